The number of benzene rings is 2. The minimum Gasteiger partial charge on any atom is -0.352 e. The van der Waals surface area contributed by atoms with E-state index in [1.165, 1.54) is 11.1 Å². The second-order valence-corrected chi connectivity index (χ2v) is 9.83. The van der Waals surface area contributed by atoms with Crippen LogP contribution in [-0.4, -0.2) is 33.5 Å². The molecule has 1 fully saturated rings. The molecular formula is C30H33N5O2. The normalized spacial score (nSPS) is 15.6. The Morgan fingerprint density at radius 1 is 1.03 bits per heavy atom. The van der Waals surface area contributed by atoms with Crippen molar-refractivity contribution in [1.82, 2.24) is 19.9 Å². The fraction of sp³-hybridized carbons (Fsp3) is 0.333. The van der Waals surface area contributed by atoms with E-state index < -0.39 is 0 Å². The van der Waals surface area contributed by atoms with E-state index in [2.05, 4.69) is 41.5 Å². The Kier molecular flexibility index (Phi) is 7.30. The van der Waals surface area contributed by atoms with Crippen LogP contribution in [0.3, 0.4) is 0 Å². The summed E-state index contributed by atoms with van der Waals surface area (Å²) in [6.07, 6.45) is 4.30. The molecule has 7 heteroatoms. The molecule has 4 aromatic rings. The van der Waals surface area contributed by atoms with Crippen LogP contribution < -0.4 is 15.8 Å². The smallest absolute Gasteiger partial charge is 0.295 e. The number of carbonyl (C=O) groups excluding carboxylic acids is 1. The summed E-state index contributed by atoms with van der Waals surface area (Å²) in [7, 11) is 0. The molecule has 0 aliphatic carbocycles. The van der Waals surface area contributed by atoms with Crippen molar-refractivity contribution in [3.05, 3.63) is 99.5 Å². The van der Waals surface area contributed by atoms with E-state index in [-0.39, 0.29) is 17.4 Å². The lowest BCUT2D eigenvalue weighted by molar-refractivity contribution is -0.125. The number of nitrogens with zero attached hydrogens (tertiary/aromatic N) is 4. The van der Waals surface area contributed by atoms with Crippen molar-refractivity contribution >= 4 is 22.9 Å². The molecule has 0 bridgehead atoms. The fourth-order valence-electron chi connectivity index (χ4n) is 4.90. The number of hydrogen-bond donors (Lipinski definition) is 1. The van der Waals surface area contributed by atoms with Gasteiger partial charge >= 0.3 is 0 Å². The number of aryl methyl sites for hydroxylation is 2. The van der Waals surface area contributed by atoms with Gasteiger partial charge in [0, 0.05) is 25.8 Å². The highest BCUT2D eigenvalue weighted by atomic mass is 16.2. The van der Waals surface area contributed by atoms with Crippen molar-refractivity contribution < 1.29 is 4.79 Å². The van der Waals surface area contributed by atoms with Crippen LogP contribution in [0.5, 0.6) is 0 Å². The van der Waals surface area contributed by atoms with Gasteiger partial charge in [-0.05, 0) is 55.0 Å². The molecule has 1 atom stereocenters. The number of aromatic nitrogens is 3. The number of pyridine rings is 1. The van der Waals surface area contributed by atoms with Crippen LogP contribution in [0.15, 0.2) is 71.7 Å². The lowest BCUT2D eigenvalue weighted by Crippen LogP contribution is -2.45. The SMILES string of the molecule is CCc1ccc(CNC(=O)[C@@H]2CCCN(c3nc4cccnc4n(Cc4ccc(C)cc4)c3=O)C2)cc1. The van der Waals surface area contributed by atoms with E-state index in [0.717, 1.165) is 30.4 Å². The number of hydrogen-bond acceptors (Lipinski definition) is 5. The molecule has 0 saturated carbocycles. The molecule has 1 aliphatic rings. The molecule has 37 heavy (non-hydrogen) atoms. The summed E-state index contributed by atoms with van der Waals surface area (Å²) < 4.78 is 1.70. The van der Waals surface area contributed by atoms with E-state index in [9.17, 15) is 9.59 Å². The number of nitrogens with one attached hydrogen (secondary N) is 1. The molecule has 3 heterocycles. The predicted molar refractivity (Wildman–Crippen MR) is 147 cm³/mol. The van der Waals surface area contributed by atoms with Gasteiger partial charge in [0.05, 0.1) is 12.5 Å². The molecule has 190 valence electrons. The zero-order chi connectivity index (χ0) is 25.8. The largest absolute Gasteiger partial charge is 0.352 e. The maximum atomic E-state index is 13.7. The van der Waals surface area contributed by atoms with Gasteiger partial charge in [-0.2, -0.15) is 0 Å². The molecule has 1 N–H and O–H groups in total. The predicted octanol–water partition coefficient (Wildman–Crippen LogP) is 4.24. The van der Waals surface area contributed by atoms with Crippen LogP contribution >= 0.6 is 0 Å². The Balaban J connectivity index is 1.36. The summed E-state index contributed by atoms with van der Waals surface area (Å²) in [6, 6.07) is 20.2. The van der Waals surface area contributed by atoms with E-state index in [0.29, 0.717) is 43.2 Å². The van der Waals surface area contributed by atoms with Crippen molar-refractivity contribution in [2.45, 2.75) is 46.2 Å². The van der Waals surface area contributed by atoms with Gasteiger partial charge in [-0.15, -0.1) is 0 Å². The molecule has 1 saturated heterocycles. The standard InChI is InChI=1S/C30H33N5O2/c1-3-22-12-14-23(15-13-22)18-32-29(36)25-6-5-17-34(20-25)28-30(37)35(19-24-10-8-21(2)9-11-24)27-26(33-28)7-4-16-31-27/h4,7-16,25H,3,5-6,17-20H2,1-2H3,(H,32,36)/t25-/m1/s1. The summed E-state index contributed by atoms with van der Waals surface area (Å²) in [5.74, 6) is 0.215. The second kappa shape index (κ2) is 10.9. The molecule has 2 aromatic carbocycles. The zero-order valence-corrected chi connectivity index (χ0v) is 21.5. The summed E-state index contributed by atoms with van der Waals surface area (Å²) in [5.41, 5.74) is 5.63. The van der Waals surface area contributed by atoms with Crippen molar-refractivity contribution in [1.29, 1.82) is 0 Å². The minimum absolute atomic E-state index is 0.0201. The van der Waals surface area contributed by atoms with Gasteiger partial charge in [0.1, 0.15) is 5.52 Å². The molecule has 0 unspecified atom stereocenters. The van der Waals surface area contributed by atoms with Crippen LogP contribution in [0.1, 0.15) is 42.0 Å². The average Bonchev–Trinajstić information content (AvgIpc) is 2.94. The maximum absolute atomic E-state index is 13.7. The van der Waals surface area contributed by atoms with Gasteiger partial charge in [0.15, 0.2) is 11.5 Å². The summed E-state index contributed by atoms with van der Waals surface area (Å²) >= 11 is 0. The number of piperidine rings is 1. The van der Waals surface area contributed by atoms with E-state index in [4.69, 9.17) is 4.98 Å². The third-order valence-electron chi connectivity index (χ3n) is 7.14. The number of anilines is 1. The van der Waals surface area contributed by atoms with Crippen molar-refractivity contribution in [2.24, 2.45) is 5.92 Å². The van der Waals surface area contributed by atoms with Crippen LogP contribution in [0, 0.1) is 12.8 Å². The highest BCUT2D eigenvalue weighted by molar-refractivity contribution is 5.79. The number of fused-ring (bicyclic) bond motifs is 1. The zero-order valence-electron chi connectivity index (χ0n) is 21.5. The first-order chi connectivity index (χ1) is 18.0. The Hall–Kier alpha value is -4.00. The molecule has 1 aliphatic heterocycles. The van der Waals surface area contributed by atoms with Crippen molar-refractivity contribution in [3.8, 4) is 0 Å². The van der Waals surface area contributed by atoms with Crippen LogP contribution in [0.4, 0.5) is 5.82 Å². The first kappa shape index (κ1) is 24.7. The molecule has 2 aromatic heterocycles. The highest BCUT2D eigenvalue weighted by Gasteiger charge is 2.28. The first-order valence-corrected chi connectivity index (χ1v) is 13.0. The van der Waals surface area contributed by atoms with Gasteiger partial charge in [-0.1, -0.05) is 61.0 Å². The van der Waals surface area contributed by atoms with Crippen LogP contribution in [0.2, 0.25) is 0 Å². The lowest BCUT2D eigenvalue weighted by atomic mass is 9.97. The number of amides is 1. The van der Waals surface area contributed by atoms with E-state index in [1.807, 2.05) is 48.2 Å². The average molecular weight is 496 g/mol. The number of rotatable bonds is 7. The van der Waals surface area contributed by atoms with Gasteiger partial charge in [-0.3, -0.25) is 14.2 Å². The molecule has 0 spiro atoms. The highest BCUT2D eigenvalue weighted by Crippen LogP contribution is 2.22. The van der Waals surface area contributed by atoms with Crippen LogP contribution in [-0.2, 0) is 24.3 Å². The van der Waals surface area contributed by atoms with Crippen molar-refractivity contribution in [3.63, 3.8) is 0 Å². The third kappa shape index (κ3) is 5.56. The molecule has 0 radical (unpaired) electrons. The van der Waals surface area contributed by atoms with Gasteiger partial charge in [-0.25, -0.2) is 9.97 Å². The quantitative estimate of drug-likeness (QED) is 0.415. The van der Waals surface area contributed by atoms with Gasteiger partial charge in [0.25, 0.3) is 5.56 Å². The maximum Gasteiger partial charge on any atom is 0.295 e. The fourth-order valence-corrected chi connectivity index (χ4v) is 4.90. The first-order valence-electron chi connectivity index (χ1n) is 13.0. The Bertz CT molecular complexity index is 1440. The Labute approximate surface area is 217 Å². The molecule has 1 amide bonds. The van der Waals surface area contributed by atoms with E-state index in [1.54, 1.807) is 10.8 Å². The number of carbonyl (C=O) groups is 1. The Morgan fingerprint density at radius 2 is 1.76 bits per heavy atom. The second-order valence-electron chi connectivity index (χ2n) is 9.83. The topological polar surface area (TPSA) is 80.1 Å². The third-order valence-corrected chi connectivity index (χ3v) is 7.14. The van der Waals surface area contributed by atoms with Crippen LogP contribution in [0.25, 0.3) is 11.2 Å². The summed E-state index contributed by atoms with van der Waals surface area (Å²) in [5, 5.41) is 3.09. The van der Waals surface area contributed by atoms with Gasteiger partial charge in [0.2, 0.25) is 5.91 Å². The van der Waals surface area contributed by atoms with Gasteiger partial charge < -0.3 is 10.2 Å². The van der Waals surface area contributed by atoms with Crippen molar-refractivity contribution in [2.75, 3.05) is 18.0 Å². The monoisotopic (exact) mass is 495 g/mol. The molecular weight excluding hydrogens is 462 g/mol. The summed E-state index contributed by atoms with van der Waals surface area (Å²) in [6.45, 7) is 6.26. The summed E-state index contributed by atoms with van der Waals surface area (Å²) in [4.78, 5) is 37.9. The minimum atomic E-state index is -0.194. The molecule has 7 nitrogen and oxygen atoms in total. The lowest BCUT2D eigenvalue weighted by Gasteiger charge is -2.32. The van der Waals surface area contributed by atoms with E-state index >= 15 is 0 Å². The Morgan fingerprint density at radius 3 is 2.51 bits per heavy atom. The molecule has 5 rings (SSSR count).